The van der Waals surface area contributed by atoms with Crippen molar-refractivity contribution < 1.29 is 0 Å². The van der Waals surface area contributed by atoms with Crippen molar-refractivity contribution in [1.82, 2.24) is 9.80 Å². The lowest BCUT2D eigenvalue weighted by atomic mass is 9.47. The predicted octanol–water partition coefficient (Wildman–Crippen LogP) is 5.31. The molecule has 1 aromatic rings. The van der Waals surface area contributed by atoms with Crippen LogP contribution in [0, 0.1) is 23.2 Å². The second-order valence-electron chi connectivity index (χ2n) is 10.5. The zero-order valence-electron chi connectivity index (χ0n) is 17.8. The molecule has 1 heterocycles. The number of rotatable bonds is 6. The number of hydrogen-bond acceptors (Lipinski definition) is 2. The smallest absolute Gasteiger partial charge is 0.0110 e. The van der Waals surface area contributed by atoms with Crippen LogP contribution in [0.15, 0.2) is 36.4 Å². The topological polar surface area (TPSA) is 6.48 Å². The van der Waals surface area contributed by atoms with Gasteiger partial charge in [0.15, 0.2) is 0 Å². The van der Waals surface area contributed by atoms with E-state index in [9.17, 15) is 0 Å². The lowest BCUT2D eigenvalue weighted by Crippen LogP contribution is -2.46. The monoisotopic (exact) mass is 378 g/mol. The summed E-state index contributed by atoms with van der Waals surface area (Å²) in [4.78, 5) is 5.12. The number of nitrogens with zero attached hydrogens (tertiary/aromatic N) is 2. The first kappa shape index (κ1) is 18.9. The molecule has 28 heavy (non-hydrogen) atoms. The van der Waals surface area contributed by atoms with Gasteiger partial charge in [-0.2, -0.15) is 0 Å². The van der Waals surface area contributed by atoms with Gasteiger partial charge in [-0.05, 0) is 99.3 Å². The molecule has 4 saturated carbocycles. The first-order chi connectivity index (χ1) is 13.7. The summed E-state index contributed by atoms with van der Waals surface area (Å²) >= 11 is 0. The van der Waals surface area contributed by atoms with Gasteiger partial charge in [0.1, 0.15) is 0 Å². The zero-order valence-corrected chi connectivity index (χ0v) is 17.8. The van der Waals surface area contributed by atoms with Crippen molar-refractivity contribution in [2.45, 2.75) is 51.4 Å². The van der Waals surface area contributed by atoms with Gasteiger partial charge in [0, 0.05) is 26.2 Å². The van der Waals surface area contributed by atoms with Crippen LogP contribution in [0.3, 0.4) is 0 Å². The fourth-order valence-corrected chi connectivity index (χ4v) is 7.33. The van der Waals surface area contributed by atoms with Crippen molar-refractivity contribution in [2.24, 2.45) is 23.2 Å². The lowest BCUT2D eigenvalue weighted by Gasteiger charge is -2.58. The van der Waals surface area contributed by atoms with Gasteiger partial charge in [-0.1, -0.05) is 36.4 Å². The molecule has 1 aromatic carbocycles. The average molecular weight is 379 g/mol. The van der Waals surface area contributed by atoms with E-state index in [4.69, 9.17) is 0 Å². The molecular weight excluding hydrogens is 340 g/mol. The molecule has 4 aliphatic carbocycles. The number of hydrogen-bond donors (Lipinski definition) is 0. The predicted molar refractivity (Wildman–Crippen MR) is 118 cm³/mol. The minimum atomic E-state index is 0.504. The Labute approximate surface area is 172 Å². The summed E-state index contributed by atoms with van der Waals surface area (Å²) in [6.45, 7) is 6.24. The van der Waals surface area contributed by atoms with E-state index in [1.165, 1.54) is 89.7 Å². The summed E-state index contributed by atoms with van der Waals surface area (Å²) in [5.74, 6) is 3.05. The van der Waals surface area contributed by atoms with Crippen molar-refractivity contribution in [3.8, 4) is 0 Å². The molecule has 0 aromatic heterocycles. The van der Waals surface area contributed by atoms with Gasteiger partial charge in [-0.15, -0.1) is 0 Å². The minimum Gasteiger partial charge on any atom is -0.304 e. The molecule has 0 N–H and O–H groups in total. The van der Waals surface area contributed by atoms with Crippen molar-refractivity contribution in [1.29, 1.82) is 0 Å². The highest BCUT2D eigenvalue weighted by molar-refractivity contribution is 5.71. The molecule has 1 aliphatic heterocycles. The molecule has 2 heteroatoms. The number of piperazine rings is 1. The summed E-state index contributed by atoms with van der Waals surface area (Å²) in [6, 6.07) is 11.4. The van der Waals surface area contributed by atoms with E-state index in [0.717, 1.165) is 17.8 Å². The third-order valence-electron chi connectivity index (χ3n) is 8.32. The van der Waals surface area contributed by atoms with E-state index in [0.29, 0.717) is 5.41 Å². The first-order valence-electron chi connectivity index (χ1n) is 11.9. The number of allylic oxidation sites excluding steroid dienone is 2. The van der Waals surface area contributed by atoms with Crippen molar-refractivity contribution in [3.05, 3.63) is 42.0 Å². The van der Waals surface area contributed by atoms with Gasteiger partial charge in [-0.25, -0.2) is 0 Å². The van der Waals surface area contributed by atoms with Crippen LogP contribution in [0.25, 0.3) is 5.57 Å². The second kappa shape index (κ2) is 7.95. The van der Waals surface area contributed by atoms with Crippen LogP contribution >= 0.6 is 0 Å². The van der Waals surface area contributed by atoms with E-state index in [2.05, 4.69) is 53.3 Å². The number of unbranched alkanes of at least 4 members (excludes halogenated alkanes) is 1. The fraction of sp³-hybridized carbons (Fsp3) is 0.692. The summed E-state index contributed by atoms with van der Waals surface area (Å²) in [7, 11) is 2.25. The van der Waals surface area contributed by atoms with Crippen LogP contribution in [0.5, 0.6) is 0 Å². The van der Waals surface area contributed by atoms with Crippen LogP contribution in [0.1, 0.15) is 56.9 Å². The maximum atomic E-state index is 2.68. The van der Waals surface area contributed by atoms with Crippen LogP contribution in [0.4, 0.5) is 0 Å². The zero-order chi connectivity index (χ0) is 19.0. The highest BCUT2D eigenvalue weighted by atomic mass is 15.2. The second-order valence-corrected chi connectivity index (χ2v) is 10.5. The Kier molecular flexibility index (Phi) is 5.36. The molecule has 5 aliphatic rings. The molecule has 0 atom stereocenters. The molecule has 6 rings (SSSR count). The van der Waals surface area contributed by atoms with Crippen molar-refractivity contribution in [2.75, 3.05) is 39.8 Å². The van der Waals surface area contributed by atoms with Gasteiger partial charge >= 0.3 is 0 Å². The maximum Gasteiger partial charge on any atom is 0.0110 e. The van der Waals surface area contributed by atoms with E-state index in [1.807, 2.05) is 0 Å². The Hall–Kier alpha value is -1.12. The molecule has 0 amide bonds. The summed E-state index contributed by atoms with van der Waals surface area (Å²) in [5, 5.41) is 0. The largest absolute Gasteiger partial charge is 0.304 e. The molecule has 4 bridgehead atoms. The van der Waals surface area contributed by atoms with Crippen molar-refractivity contribution >= 4 is 5.57 Å². The third kappa shape index (κ3) is 3.83. The summed E-state index contributed by atoms with van der Waals surface area (Å²) < 4.78 is 0. The minimum absolute atomic E-state index is 0.504. The summed E-state index contributed by atoms with van der Waals surface area (Å²) in [6.07, 6.45) is 14.2. The molecule has 0 radical (unpaired) electrons. The molecule has 2 nitrogen and oxygen atoms in total. The van der Waals surface area contributed by atoms with Crippen molar-refractivity contribution in [3.63, 3.8) is 0 Å². The highest BCUT2D eigenvalue weighted by Crippen LogP contribution is 2.64. The quantitative estimate of drug-likeness (QED) is 0.619. The highest BCUT2D eigenvalue weighted by Gasteiger charge is 2.52. The van der Waals surface area contributed by atoms with Crippen LogP contribution in [-0.2, 0) is 0 Å². The van der Waals surface area contributed by atoms with Crippen LogP contribution < -0.4 is 0 Å². The maximum absolute atomic E-state index is 2.68. The molecule has 0 spiro atoms. The van der Waals surface area contributed by atoms with E-state index >= 15 is 0 Å². The first-order valence-corrected chi connectivity index (χ1v) is 11.9. The summed E-state index contributed by atoms with van der Waals surface area (Å²) in [5.41, 5.74) is 3.75. The molecule has 152 valence electrons. The van der Waals surface area contributed by atoms with Gasteiger partial charge in [0.2, 0.25) is 0 Å². The third-order valence-corrected chi connectivity index (χ3v) is 8.32. The van der Waals surface area contributed by atoms with E-state index < -0.39 is 0 Å². The van der Waals surface area contributed by atoms with E-state index in [1.54, 1.807) is 5.57 Å². The molecule has 5 fully saturated rings. The van der Waals surface area contributed by atoms with Gasteiger partial charge in [-0.3, -0.25) is 0 Å². The molecule has 1 saturated heterocycles. The average Bonchev–Trinajstić information content (AvgIpc) is 2.69. The lowest BCUT2D eigenvalue weighted by molar-refractivity contribution is -0.0178. The van der Waals surface area contributed by atoms with E-state index in [-0.39, 0.29) is 0 Å². The van der Waals surface area contributed by atoms with Crippen LogP contribution in [-0.4, -0.2) is 49.6 Å². The Morgan fingerprint density at radius 1 is 0.929 bits per heavy atom. The standard InChI is InChI=1S/C26H38N2/c1-27-11-13-28(14-12-27)10-6-5-9-25(24-7-3-2-4-8-24)26-18-21-15-22(19-26)17-23(16-21)20-26/h2-4,7-9,21-23H,5-6,10-20H2,1H3. The van der Waals surface area contributed by atoms with Gasteiger partial charge < -0.3 is 9.80 Å². The fourth-order valence-electron chi connectivity index (χ4n) is 7.33. The Morgan fingerprint density at radius 3 is 2.14 bits per heavy atom. The Balaban J connectivity index is 1.31. The normalized spacial score (nSPS) is 36.2. The number of benzene rings is 1. The van der Waals surface area contributed by atoms with Crippen LogP contribution in [0.2, 0.25) is 0 Å². The molecular formula is C26H38N2. The Morgan fingerprint density at radius 2 is 1.54 bits per heavy atom. The SMILES string of the molecule is CN1CCN(CCCC=C(c2ccccc2)C23CC4CC(CC(C4)C2)C3)CC1. The molecule has 0 unspecified atom stereocenters. The van der Waals surface area contributed by atoms with Gasteiger partial charge in [0.05, 0.1) is 0 Å². The Bertz CT molecular complexity index is 648. The number of likely N-dealkylation sites (N-methyl/N-ethyl adjacent to an activating group) is 1. The van der Waals surface area contributed by atoms with Gasteiger partial charge in [0.25, 0.3) is 0 Å².